The van der Waals surface area contributed by atoms with E-state index in [0.717, 1.165) is 0 Å². The monoisotopic (exact) mass is 273 g/mol. The van der Waals surface area contributed by atoms with Crippen molar-refractivity contribution < 1.29 is 0 Å². The highest BCUT2D eigenvalue weighted by molar-refractivity contribution is 5.36. The topological polar surface area (TPSA) is 12.9 Å². The highest BCUT2D eigenvalue weighted by Gasteiger charge is 2.22. The fourth-order valence-electron chi connectivity index (χ4n) is 2.94. The van der Waals surface area contributed by atoms with Crippen LogP contribution in [0.4, 0.5) is 0 Å². The maximum absolute atomic E-state index is 4.31. The Hall–Kier alpha value is -2.41. The number of nitrogens with zero attached hydrogens (tertiary/aromatic N) is 1. The fourth-order valence-corrected chi connectivity index (χ4v) is 2.94. The van der Waals surface area contributed by atoms with Crippen molar-refractivity contribution in [1.29, 1.82) is 0 Å². The van der Waals surface area contributed by atoms with Crippen LogP contribution in [0.15, 0.2) is 85.2 Å². The predicted molar refractivity (Wildman–Crippen MR) is 87.4 cm³/mol. The Balaban J connectivity index is 2.05. The van der Waals surface area contributed by atoms with E-state index in [-0.39, 0.29) is 0 Å². The highest BCUT2D eigenvalue weighted by Crippen LogP contribution is 2.37. The van der Waals surface area contributed by atoms with Crippen molar-refractivity contribution in [2.24, 2.45) is 0 Å². The van der Waals surface area contributed by atoms with E-state index in [2.05, 4.69) is 78.6 Å². The molecule has 0 radical (unpaired) electrons. The van der Waals surface area contributed by atoms with Gasteiger partial charge in [0.25, 0.3) is 0 Å². The molecule has 3 rings (SSSR count). The van der Waals surface area contributed by atoms with Gasteiger partial charge >= 0.3 is 0 Å². The van der Waals surface area contributed by atoms with Crippen LogP contribution in [0.1, 0.15) is 35.4 Å². The summed E-state index contributed by atoms with van der Waals surface area (Å²) < 4.78 is 0. The molecule has 0 aliphatic heterocycles. The number of hydrogen-bond donors (Lipinski definition) is 0. The van der Waals surface area contributed by atoms with Gasteiger partial charge in [-0.25, -0.2) is 0 Å². The lowest BCUT2D eigenvalue weighted by Gasteiger charge is -2.25. The second kappa shape index (κ2) is 6.36. The first kappa shape index (κ1) is 13.6. The van der Waals surface area contributed by atoms with Crippen molar-refractivity contribution in [3.05, 3.63) is 102 Å². The van der Waals surface area contributed by atoms with Crippen LogP contribution in [-0.4, -0.2) is 4.98 Å². The fraction of sp³-hybridized carbons (Fsp3) is 0.150. The predicted octanol–water partition coefficient (Wildman–Crippen LogP) is 5.02. The maximum Gasteiger partial charge on any atom is 0.0306 e. The van der Waals surface area contributed by atoms with Gasteiger partial charge in [0.05, 0.1) is 0 Å². The minimum Gasteiger partial charge on any atom is -0.264 e. The first-order chi connectivity index (χ1) is 10.4. The molecule has 21 heavy (non-hydrogen) atoms. The van der Waals surface area contributed by atoms with E-state index in [9.17, 15) is 0 Å². The van der Waals surface area contributed by atoms with Crippen molar-refractivity contribution in [2.45, 2.75) is 18.8 Å². The SMILES string of the molecule is CC(c1ccccc1)C(c1ccccc1)c1cccnc1. The third-order valence-electron chi connectivity index (χ3n) is 4.03. The van der Waals surface area contributed by atoms with E-state index < -0.39 is 0 Å². The Kier molecular flexibility index (Phi) is 4.11. The molecule has 0 spiro atoms. The van der Waals surface area contributed by atoms with Crippen LogP contribution >= 0.6 is 0 Å². The molecular formula is C20H19N. The molecule has 0 N–H and O–H groups in total. The lowest BCUT2D eigenvalue weighted by atomic mass is 9.79. The maximum atomic E-state index is 4.31. The minimum absolute atomic E-state index is 0.322. The number of rotatable bonds is 4. The third-order valence-corrected chi connectivity index (χ3v) is 4.03. The van der Waals surface area contributed by atoms with Crippen LogP contribution in [0.25, 0.3) is 0 Å². The van der Waals surface area contributed by atoms with Crippen LogP contribution in [-0.2, 0) is 0 Å². The van der Waals surface area contributed by atoms with E-state index in [1.807, 2.05) is 18.5 Å². The molecule has 0 fully saturated rings. The standard InChI is InChI=1S/C20H19N/c1-16(17-9-4-2-5-10-17)20(18-11-6-3-7-12-18)19-13-8-14-21-15-19/h2-16,20H,1H3. The smallest absolute Gasteiger partial charge is 0.0306 e. The Labute approximate surface area is 126 Å². The summed E-state index contributed by atoms with van der Waals surface area (Å²) in [5.74, 6) is 0.722. The molecule has 104 valence electrons. The van der Waals surface area contributed by atoms with Gasteiger partial charge in [-0.2, -0.15) is 0 Å². The van der Waals surface area contributed by atoms with Gasteiger partial charge in [0, 0.05) is 18.3 Å². The molecule has 0 aliphatic carbocycles. The quantitative estimate of drug-likeness (QED) is 0.650. The molecule has 0 saturated carbocycles. The summed E-state index contributed by atoms with van der Waals surface area (Å²) in [4.78, 5) is 4.31. The molecule has 1 heteroatoms. The molecule has 2 unspecified atom stereocenters. The summed E-state index contributed by atoms with van der Waals surface area (Å²) in [5.41, 5.74) is 3.96. The van der Waals surface area contributed by atoms with Gasteiger partial charge in [0.2, 0.25) is 0 Å². The summed E-state index contributed by atoms with van der Waals surface area (Å²) in [5, 5.41) is 0. The number of pyridine rings is 1. The van der Waals surface area contributed by atoms with Gasteiger partial charge in [0.1, 0.15) is 0 Å². The summed E-state index contributed by atoms with van der Waals surface area (Å²) >= 11 is 0. The molecular weight excluding hydrogens is 254 g/mol. The second-order valence-electron chi connectivity index (χ2n) is 5.37. The molecule has 0 bridgehead atoms. The largest absolute Gasteiger partial charge is 0.264 e. The van der Waals surface area contributed by atoms with Crippen LogP contribution in [0.5, 0.6) is 0 Å². The van der Waals surface area contributed by atoms with E-state index in [1.165, 1.54) is 16.7 Å². The van der Waals surface area contributed by atoms with Gasteiger partial charge in [-0.3, -0.25) is 4.98 Å². The summed E-state index contributed by atoms with van der Waals surface area (Å²) in [7, 11) is 0. The Morgan fingerprint density at radius 1 is 0.667 bits per heavy atom. The Morgan fingerprint density at radius 2 is 1.24 bits per heavy atom. The van der Waals surface area contributed by atoms with Gasteiger partial charge in [-0.05, 0) is 28.7 Å². The second-order valence-corrected chi connectivity index (χ2v) is 5.37. The number of aromatic nitrogens is 1. The summed E-state index contributed by atoms with van der Waals surface area (Å²) in [6, 6.07) is 25.6. The molecule has 1 nitrogen and oxygen atoms in total. The number of benzene rings is 2. The summed E-state index contributed by atoms with van der Waals surface area (Å²) in [6.07, 6.45) is 3.82. The van der Waals surface area contributed by atoms with Crippen LogP contribution in [0.2, 0.25) is 0 Å². The molecule has 0 saturated heterocycles. The van der Waals surface area contributed by atoms with Crippen molar-refractivity contribution >= 4 is 0 Å². The zero-order valence-corrected chi connectivity index (χ0v) is 12.2. The molecule has 1 heterocycles. The molecule has 1 aromatic heterocycles. The zero-order valence-electron chi connectivity index (χ0n) is 12.2. The minimum atomic E-state index is 0.322. The molecule has 0 amide bonds. The van der Waals surface area contributed by atoms with Gasteiger partial charge in [0.15, 0.2) is 0 Å². The Bertz CT molecular complexity index is 622. The first-order valence-electron chi connectivity index (χ1n) is 7.36. The lowest BCUT2D eigenvalue weighted by Crippen LogP contribution is -2.10. The van der Waals surface area contributed by atoms with Crippen molar-refractivity contribution in [1.82, 2.24) is 4.98 Å². The van der Waals surface area contributed by atoms with Crippen LogP contribution < -0.4 is 0 Å². The van der Waals surface area contributed by atoms with Gasteiger partial charge in [-0.1, -0.05) is 73.7 Å². The number of hydrogen-bond acceptors (Lipinski definition) is 1. The van der Waals surface area contributed by atoms with Gasteiger partial charge in [-0.15, -0.1) is 0 Å². The van der Waals surface area contributed by atoms with Gasteiger partial charge < -0.3 is 0 Å². The Morgan fingerprint density at radius 3 is 1.81 bits per heavy atom. The van der Waals surface area contributed by atoms with Crippen LogP contribution in [0.3, 0.4) is 0 Å². The average Bonchev–Trinajstić information content (AvgIpc) is 2.58. The van der Waals surface area contributed by atoms with Crippen molar-refractivity contribution in [2.75, 3.05) is 0 Å². The molecule has 2 aromatic carbocycles. The lowest BCUT2D eigenvalue weighted by molar-refractivity contribution is 0.655. The average molecular weight is 273 g/mol. The third kappa shape index (κ3) is 3.03. The molecule has 3 aromatic rings. The van der Waals surface area contributed by atoms with E-state index in [1.54, 1.807) is 0 Å². The molecule has 0 aliphatic rings. The van der Waals surface area contributed by atoms with E-state index >= 15 is 0 Å². The van der Waals surface area contributed by atoms with Crippen molar-refractivity contribution in [3.8, 4) is 0 Å². The highest BCUT2D eigenvalue weighted by atomic mass is 14.6. The van der Waals surface area contributed by atoms with E-state index in [4.69, 9.17) is 0 Å². The van der Waals surface area contributed by atoms with E-state index in [0.29, 0.717) is 11.8 Å². The normalized spacial score (nSPS) is 13.6. The summed E-state index contributed by atoms with van der Waals surface area (Å²) in [6.45, 7) is 2.29. The molecule has 2 atom stereocenters. The van der Waals surface area contributed by atoms with Crippen LogP contribution in [0, 0.1) is 0 Å². The first-order valence-corrected chi connectivity index (χ1v) is 7.36. The zero-order chi connectivity index (χ0) is 14.5. The van der Waals surface area contributed by atoms with Crippen molar-refractivity contribution in [3.63, 3.8) is 0 Å².